The minimum atomic E-state index is -0.416. The van der Waals surface area contributed by atoms with E-state index in [1.165, 1.54) is 4.68 Å². The molecule has 0 aliphatic rings. The summed E-state index contributed by atoms with van der Waals surface area (Å²) in [7, 11) is 0. The Labute approximate surface area is 116 Å². The van der Waals surface area contributed by atoms with Crippen molar-refractivity contribution in [2.24, 2.45) is 5.73 Å². The average molecular weight is 279 g/mol. The standard InChI is InChI=1S/C13H15ClN4O/c1-9(10-2-4-11(14)5-3-10)17-12-6-16-18(7-12)8-13(15)19/h2-7,9,17H,8H2,1H3,(H2,15,19). The van der Waals surface area contributed by atoms with Gasteiger partial charge in [0.1, 0.15) is 6.54 Å². The van der Waals surface area contributed by atoms with Crippen molar-refractivity contribution in [1.29, 1.82) is 0 Å². The van der Waals surface area contributed by atoms with Crippen LogP contribution in [0, 0.1) is 0 Å². The van der Waals surface area contributed by atoms with Crippen molar-refractivity contribution >= 4 is 23.2 Å². The number of nitrogens with one attached hydrogen (secondary N) is 1. The minimum absolute atomic E-state index is 0.0804. The van der Waals surface area contributed by atoms with E-state index in [0.29, 0.717) is 5.02 Å². The van der Waals surface area contributed by atoms with Crippen molar-refractivity contribution in [1.82, 2.24) is 9.78 Å². The maximum absolute atomic E-state index is 10.8. The number of carbonyl (C=O) groups is 1. The lowest BCUT2D eigenvalue weighted by atomic mass is 10.1. The molecule has 0 aliphatic carbocycles. The molecular formula is C13H15ClN4O. The number of nitrogens with two attached hydrogens (primary N) is 1. The van der Waals surface area contributed by atoms with E-state index in [9.17, 15) is 4.79 Å². The van der Waals surface area contributed by atoms with Crippen LogP contribution in [0.4, 0.5) is 5.69 Å². The molecular weight excluding hydrogens is 264 g/mol. The molecule has 1 aromatic carbocycles. The van der Waals surface area contributed by atoms with Crippen LogP contribution in [0.3, 0.4) is 0 Å². The molecule has 0 radical (unpaired) electrons. The van der Waals surface area contributed by atoms with E-state index >= 15 is 0 Å². The normalized spacial score (nSPS) is 12.1. The molecule has 1 heterocycles. The van der Waals surface area contributed by atoms with Crippen LogP contribution in [0.2, 0.25) is 5.02 Å². The van der Waals surface area contributed by atoms with Crippen molar-refractivity contribution in [2.45, 2.75) is 19.5 Å². The SMILES string of the molecule is CC(Nc1cnn(CC(N)=O)c1)c1ccc(Cl)cc1. The molecule has 1 amide bonds. The lowest BCUT2D eigenvalue weighted by Gasteiger charge is -2.13. The van der Waals surface area contributed by atoms with Crippen LogP contribution >= 0.6 is 11.6 Å². The summed E-state index contributed by atoms with van der Waals surface area (Å²) in [5, 5.41) is 8.06. The molecule has 6 heteroatoms. The maximum atomic E-state index is 10.8. The smallest absolute Gasteiger partial charge is 0.239 e. The van der Waals surface area contributed by atoms with Gasteiger partial charge in [0.25, 0.3) is 0 Å². The molecule has 1 aromatic heterocycles. The maximum Gasteiger partial charge on any atom is 0.239 e. The summed E-state index contributed by atoms with van der Waals surface area (Å²) >= 11 is 5.85. The van der Waals surface area contributed by atoms with Gasteiger partial charge in [-0.2, -0.15) is 5.10 Å². The monoisotopic (exact) mass is 278 g/mol. The number of hydrogen-bond donors (Lipinski definition) is 2. The highest BCUT2D eigenvalue weighted by Crippen LogP contribution is 2.20. The van der Waals surface area contributed by atoms with Crippen molar-refractivity contribution < 1.29 is 4.79 Å². The Morgan fingerprint density at radius 2 is 2.16 bits per heavy atom. The number of amides is 1. The largest absolute Gasteiger partial charge is 0.376 e. The van der Waals surface area contributed by atoms with Gasteiger partial charge < -0.3 is 11.1 Å². The third kappa shape index (κ3) is 3.72. The van der Waals surface area contributed by atoms with Gasteiger partial charge in [-0.1, -0.05) is 23.7 Å². The fraction of sp³-hybridized carbons (Fsp3) is 0.231. The second-order valence-electron chi connectivity index (χ2n) is 4.31. The first kappa shape index (κ1) is 13.4. The number of carbonyl (C=O) groups excluding carboxylic acids is 1. The average Bonchev–Trinajstić information content (AvgIpc) is 2.76. The highest BCUT2D eigenvalue weighted by atomic mass is 35.5. The summed E-state index contributed by atoms with van der Waals surface area (Å²) in [5.74, 6) is -0.416. The molecule has 0 spiro atoms. The van der Waals surface area contributed by atoms with Gasteiger partial charge in [0.15, 0.2) is 0 Å². The van der Waals surface area contributed by atoms with Crippen molar-refractivity contribution in [3.8, 4) is 0 Å². The van der Waals surface area contributed by atoms with E-state index in [0.717, 1.165) is 11.3 Å². The summed E-state index contributed by atoms with van der Waals surface area (Å²) in [6.07, 6.45) is 3.41. The van der Waals surface area contributed by atoms with E-state index in [1.54, 1.807) is 12.4 Å². The molecule has 5 nitrogen and oxygen atoms in total. The fourth-order valence-electron chi connectivity index (χ4n) is 1.77. The lowest BCUT2D eigenvalue weighted by Crippen LogP contribution is -2.18. The van der Waals surface area contributed by atoms with E-state index in [2.05, 4.69) is 10.4 Å². The third-order valence-corrected chi connectivity index (χ3v) is 2.96. The van der Waals surface area contributed by atoms with Crippen LogP contribution in [-0.4, -0.2) is 15.7 Å². The van der Waals surface area contributed by atoms with Gasteiger partial charge in [0.05, 0.1) is 11.9 Å². The molecule has 0 aliphatic heterocycles. The van der Waals surface area contributed by atoms with Crippen LogP contribution in [0.1, 0.15) is 18.5 Å². The molecule has 0 fully saturated rings. The predicted molar refractivity (Wildman–Crippen MR) is 74.9 cm³/mol. The van der Waals surface area contributed by atoms with Gasteiger partial charge in [-0.3, -0.25) is 9.48 Å². The number of rotatable bonds is 5. The number of anilines is 1. The van der Waals surface area contributed by atoms with Crippen molar-refractivity contribution in [3.63, 3.8) is 0 Å². The number of hydrogen-bond acceptors (Lipinski definition) is 3. The number of nitrogens with zero attached hydrogens (tertiary/aromatic N) is 2. The molecule has 0 saturated heterocycles. The number of halogens is 1. The molecule has 100 valence electrons. The second kappa shape index (κ2) is 5.75. The van der Waals surface area contributed by atoms with Gasteiger partial charge in [-0.25, -0.2) is 0 Å². The Bertz CT molecular complexity index is 564. The second-order valence-corrected chi connectivity index (χ2v) is 4.75. The first-order chi connectivity index (χ1) is 9.04. The highest BCUT2D eigenvalue weighted by Gasteiger charge is 2.07. The fourth-order valence-corrected chi connectivity index (χ4v) is 1.90. The molecule has 0 bridgehead atoms. The van der Waals surface area contributed by atoms with Gasteiger partial charge in [0.2, 0.25) is 5.91 Å². The van der Waals surface area contributed by atoms with Crippen LogP contribution < -0.4 is 11.1 Å². The number of benzene rings is 1. The Morgan fingerprint density at radius 1 is 1.47 bits per heavy atom. The molecule has 2 rings (SSSR count). The van der Waals surface area contributed by atoms with E-state index in [1.807, 2.05) is 31.2 Å². The quantitative estimate of drug-likeness (QED) is 0.880. The topological polar surface area (TPSA) is 72.9 Å². The molecule has 2 aromatic rings. The first-order valence-electron chi connectivity index (χ1n) is 5.87. The van der Waals surface area contributed by atoms with Gasteiger partial charge >= 0.3 is 0 Å². The lowest BCUT2D eigenvalue weighted by molar-refractivity contribution is -0.118. The Balaban J connectivity index is 2.02. The number of aromatic nitrogens is 2. The van der Waals surface area contributed by atoms with Crippen LogP contribution in [0.15, 0.2) is 36.7 Å². The third-order valence-electron chi connectivity index (χ3n) is 2.70. The molecule has 3 N–H and O–H groups in total. The zero-order valence-corrected chi connectivity index (χ0v) is 11.3. The Kier molecular flexibility index (Phi) is 4.06. The predicted octanol–water partition coefficient (Wildman–Crippen LogP) is 2.19. The highest BCUT2D eigenvalue weighted by molar-refractivity contribution is 6.30. The summed E-state index contributed by atoms with van der Waals surface area (Å²) in [5.41, 5.74) is 7.06. The molecule has 0 saturated carbocycles. The van der Waals surface area contributed by atoms with Gasteiger partial charge in [0, 0.05) is 17.3 Å². The van der Waals surface area contributed by atoms with Crippen molar-refractivity contribution in [2.75, 3.05) is 5.32 Å². The van der Waals surface area contributed by atoms with E-state index < -0.39 is 5.91 Å². The summed E-state index contributed by atoms with van der Waals surface area (Å²) < 4.78 is 1.50. The summed E-state index contributed by atoms with van der Waals surface area (Å²) in [6, 6.07) is 7.75. The minimum Gasteiger partial charge on any atom is -0.376 e. The molecule has 1 unspecified atom stereocenters. The van der Waals surface area contributed by atoms with Crippen LogP contribution in [-0.2, 0) is 11.3 Å². The van der Waals surface area contributed by atoms with E-state index in [-0.39, 0.29) is 12.6 Å². The number of primary amides is 1. The summed E-state index contributed by atoms with van der Waals surface area (Å²) in [6.45, 7) is 2.12. The summed E-state index contributed by atoms with van der Waals surface area (Å²) in [4.78, 5) is 10.8. The van der Waals surface area contributed by atoms with Crippen molar-refractivity contribution in [3.05, 3.63) is 47.2 Å². The van der Waals surface area contributed by atoms with Crippen LogP contribution in [0.25, 0.3) is 0 Å². The zero-order valence-electron chi connectivity index (χ0n) is 10.5. The van der Waals surface area contributed by atoms with Gasteiger partial charge in [-0.15, -0.1) is 0 Å². The van der Waals surface area contributed by atoms with Gasteiger partial charge in [-0.05, 0) is 24.6 Å². The zero-order chi connectivity index (χ0) is 13.8. The Morgan fingerprint density at radius 3 is 2.79 bits per heavy atom. The molecule has 19 heavy (non-hydrogen) atoms. The van der Waals surface area contributed by atoms with E-state index in [4.69, 9.17) is 17.3 Å². The first-order valence-corrected chi connectivity index (χ1v) is 6.25. The molecule has 1 atom stereocenters. The van der Waals surface area contributed by atoms with Crippen LogP contribution in [0.5, 0.6) is 0 Å². The Hall–Kier alpha value is -2.01.